The first-order valence-corrected chi connectivity index (χ1v) is 28.5. The predicted molar refractivity (Wildman–Crippen MR) is 332 cm³/mol. The van der Waals surface area contributed by atoms with E-state index in [2.05, 4.69) is 30.9 Å². The van der Waals surface area contributed by atoms with Crippen molar-refractivity contribution in [3.8, 4) is 51.0 Å². The number of ether oxygens (including phenoxy) is 3. The maximum Gasteiger partial charge on any atom is 0.194 e. The van der Waals surface area contributed by atoms with Crippen molar-refractivity contribution in [2.24, 2.45) is 21.1 Å². The second kappa shape index (κ2) is 24.3. The van der Waals surface area contributed by atoms with Crippen molar-refractivity contribution in [3.63, 3.8) is 0 Å². The quantitative estimate of drug-likeness (QED) is 0.111. The fraction of sp³-hybridized carbons (Fsp3) is 0.0833. The second-order valence-electron chi connectivity index (χ2n) is 21.5. The number of carbonyl (C=O) groups is 6. The zero-order valence-electron chi connectivity index (χ0n) is 48.6. The molecule has 3 aromatic heterocycles. The molecular weight excluding hydrogens is 1130 g/mol. The van der Waals surface area contributed by atoms with Gasteiger partial charge in [-0.25, -0.2) is 0 Å². The van der Waals surface area contributed by atoms with E-state index >= 15 is 0 Å². The van der Waals surface area contributed by atoms with E-state index < -0.39 is 0 Å². The monoisotopic (exact) mass is 1190 g/mol. The smallest absolute Gasteiger partial charge is 0.194 e. The summed E-state index contributed by atoms with van der Waals surface area (Å²) in [5, 5.41) is 24.2. The normalized spacial score (nSPS) is 12.4. The summed E-state index contributed by atoms with van der Waals surface area (Å²) in [5.74, 6) is 1.29. The minimum atomic E-state index is -0.133. The van der Waals surface area contributed by atoms with E-state index in [9.17, 15) is 28.8 Å². The van der Waals surface area contributed by atoms with Gasteiger partial charge in [0.2, 0.25) is 0 Å². The average Bonchev–Trinajstić information content (AvgIpc) is 1.07. The molecule has 15 rings (SSSR count). The van der Waals surface area contributed by atoms with E-state index in [-0.39, 0.29) is 54.5 Å². The molecule has 3 aliphatic carbocycles. The molecule has 438 valence electrons. The number of carbonyl (C=O) groups excluding carboxylic acids is 6. The van der Waals surface area contributed by atoms with Crippen LogP contribution < -0.4 is 14.2 Å². The van der Waals surface area contributed by atoms with Gasteiger partial charge in [-0.2, -0.15) is 0 Å². The van der Waals surface area contributed by atoms with Crippen LogP contribution in [0.3, 0.4) is 0 Å². The predicted octanol–water partition coefficient (Wildman–Crippen LogP) is 11.5. The van der Waals surface area contributed by atoms with Crippen LogP contribution >= 0.6 is 0 Å². The molecule has 0 N–H and O–H groups in total. The third kappa shape index (κ3) is 11.5. The third-order valence-electron chi connectivity index (χ3n) is 15.4. The van der Waals surface area contributed by atoms with Gasteiger partial charge in [0.05, 0.1) is 18.6 Å². The van der Waals surface area contributed by atoms with Crippen LogP contribution in [0.5, 0.6) is 17.2 Å². The number of benzene rings is 9. The summed E-state index contributed by atoms with van der Waals surface area (Å²) < 4.78 is 22.7. The Balaban J connectivity index is 0.000000124. The standard InChI is InChI=1S/3C24H17N3O3/c3*1-27-13-22(25-26-27)16-5-4-6-17(12-16)30-14-15-9-10-20-21(11-15)24(29)19-8-3-2-7-18(19)23(20)28/h3*2-13H,14H2,1H3. The summed E-state index contributed by atoms with van der Waals surface area (Å²) in [4.78, 5) is 76.8. The van der Waals surface area contributed by atoms with Gasteiger partial charge < -0.3 is 14.2 Å². The first-order valence-electron chi connectivity index (χ1n) is 28.5. The molecule has 3 heterocycles. The zero-order chi connectivity index (χ0) is 62.0. The molecule has 0 bridgehead atoms. The molecule has 12 aromatic rings. The largest absolute Gasteiger partial charge is 0.489 e. The fourth-order valence-electron chi connectivity index (χ4n) is 10.9. The number of aromatic nitrogens is 9. The molecule has 0 unspecified atom stereocenters. The minimum absolute atomic E-state index is 0.121. The van der Waals surface area contributed by atoms with Crippen LogP contribution in [0.25, 0.3) is 33.8 Å². The van der Waals surface area contributed by atoms with E-state index in [0.29, 0.717) is 84.0 Å². The molecule has 0 atom stereocenters. The van der Waals surface area contributed by atoms with Gasteiger partial charge in [-0.05, 0) is 89.5 Å². The number of ketones is 6. The van der Waals surface area contributed by atoms with Crippen LogP contribution in [-0.4, -0.2) is 79.7 Å². The van der Waals surface area contributed by atoms with Gasteiger partial charge in [0, 0.05) is 105 Å². The zero-order valence-corrected chi connectivity index (χ0v) is 48.6. The Labute approximate surface area is 514 Å². The SMILES string of the molecule is Cn1cc(-c2cccc(OCc3ccc4c(c3)C(=O)c3ccccc3C4=O)c2)nn1.Cn1cc(-c2cccc(OCc3ccc4c(c3)C(=O)c3ccccc3C4=O)c2)nn1.Cn1cc(-c2cccc(OCc3ccc4c(c3)C(=O)c3ccccc3C4=O)c2)nn1. The maximum atomic E-state index is 12.9. The van der Waals surface area contributed by atoms with Gasteiger partial charge >= 0.3 is 0 Å². The Kier molecular flexibility index (Phi) is 15.4. The van der Waals surface area contributed by atoms with Crippen molar-refractivity contribution < 1.29 is 43.0 Å². The van der Waals surface area contributed by atoms with Crippen molar-refractivity contribution in [1.82, 2.24) is 45.0 Å². The maximum absolute atomic E-state index is 12.9. The molecule has 18 nitrogen and oxygen atoms in total. The van der Waals surface area contributed by atoms with Crippen molar-refractivity contribution >= 4 is 34.7 Å². The summed E-state index contributed by atoms with van der Waals surface area (Å²) in [6, 6.07) is 59.4. The lowest BCUT2D eigenvalue weighted by molar-refractivity contribution is 0.0979. The number of aryl methyl sites for hydroxylation is 3. The lowest BCUT2D eigenvalue weighted by Crippen LogP contribution is -2.21. The van der Waals surface area contributed by atoms with Gasteiger partial charge in [0.25, 0.3) is 0 Å². The molecule has 0 aliphatic heterocycles. The lowest BCUT2D eigenvalue weighted by atomic mass is 9.83. The topological polar surface area (TPSA) is 222 Å². The van der Waals surface area contributed by atoms with Gasteiger partial charge in [0.1, 0.15) is 54.2 Å². The van der Waals surface area contributed by atoms with Crippen LogP contribution in [0, 0.1) is 0 Å². The van der Waals surface area contributed by atoms with E-state index in [1.165, 1.54) is 0 Å². The Morgan fingerprint density at radius 2 is 0.522 bits per heavy atom. The molecule has 90 heavy (non-hydrogen) atoms. The van der Waals surface area contributed by atoms with Gasteiger partial charge in [0.15, 0.2) is 34.7 Å². The molecular formula is C72H51N9O9. The Morgan fingerprint density at radius 3 is 0.767 bits per heavy atom. The molecule has 0 fully saturated rings. The highest BCUT2D eigenvalue weighted by molar-refractivity contribution is 6.30. The minimum Gasteiger partial charge on any atom is -0.489 e. The average molecular weight is 1190 g/mol. The molecule has 0 amide bonds. The Bertz CT molecular complexity index is 4400. The van der Waals surface area contributed by atoms with Gasteiger partial charge in [-0.1, -0.05) is 143 Å². The van der Waals surface area contributed by atoms with Gasteiger partial charge in [-0.15, -0.1) is 15.3 Å². The summed E-state index contributed by atoms with van der Waals surface area (Å²) in [7, 11) is 5.45. The van der Waals surface area contributed by atoms with Crippen LogP contribution in [0.15, 0.2) is 219 Å². The highest BCUT2D eigenvalue weighted by Crippen LogP contribution is 2.33. The number of hydrogen-bond donors (Lipinski definition) is 0. The first kappa shape index (κ1) is 56.9. The van der Waals surface area contributed by atoms with Crippen molar-refractivity contribution in [3.05, 3.63) is 302 Å². The van der Waals surface area contributed by atoms with Crippen LogP contribution in [0.2, 0.25) is 0 Å². The van der Waals surface area contributed by atoms with E-state index in [0.717, 1.165) is 50.5 Å². The molecule has 0 radical (unpaired) electrons. The van der Waals surface area contributed by atoms with Crippen LogP contribution in [-0.2, 0) is 41.0 Å². The first-order chi connectivity index (χ1) is 43.8. The summed E-state index contributed by atoms with van der Waals surface area (Å²) in [5.41, 5.74) is 12.8. The van der Waals surface area contributed by atoms with Crippen molar-refractivity contribution in [2.45, 2.75) is 19.8 Å². The number of nitrogens with zero attached hydrogens (tertiary/aromatic N) is 9. The highest BCUT2D eigenvalue weighted by atomic mass is 16.5. The lowest BCUT2D eigenvalue weighted by Gasteiger charge is -2.18. The number of hydrogen-bond acceptors (Lipinski definition) is 15. The molecule has 9 aromatic carbocycles. The molecule has 0 saturated carbocycles. The molecule has 0 saturated heterocycles. The van der Waals surface area contributed by atoms with Crippen molar-refractivity contribution in [2.75, 3.05) is 0 Å². The van der Waals surface area contributed by atoms with E-state index in [1.54, 1.807) is 123 Å². The summed E-state index contributed by atoms with van der Waals surface area (Å²) >= 11 is 0. The summed E-state index contributed by atoms with van der Waals surface area (Å²) in [6.07, 6.45) is 5.51. The van der Waals surface area contributed by atoms with Gasteiger partial charge in [-0.3, -0.25) is 42.8 Å². The fourth-order valence-corrected chi connectivity index (χ4v) is 10.9. The van der Waals surface area contributed by atoms with E-state index in [4.69, 9.17) is 14.2 Å². The van der Waals surface area contributed by atoms with E-state index in [1.807, 2.05) is 131 Å². The second-order valence-corrected chi connectivity index (χ2v) is 21.5. The number of fused-ring (bicyclic) bond motifs is 6. The molecule has 3 aliphatic rings. The number of rotatable bonds is 12. The Morgan fingerprint density at radius 1 is 0.278 bits per heavy atom. The van der Waals surface area contributed by atoms with Crippen LogP contribution in [0.4, 0.5) is 0 Å². The summed E-state index contributed by atoms with van der Waals surface area (Å²) in [6.45, 7) is 0.834. The third-order valence-corrected chi connectivity index (χ3v) is 15.4. The molecule has 18 heteroatoms. The highest BCUT2D eigenvalue weighted by Gasteiger charge is 2.32. The van der Waals surface area contributed by atoms with Crippen LogP contribution in [0.1, 0.15) is 112 Å². The van der Waals surface area contributed by atoms with Crippen molar-refractivity contribution in [1.29, 1.82) is 0 Å². The Hall–Kier alpha value is -12.2. The molecule has 0 spiro atoms.